The Morgan fingerprint density at radius 2 is 2.26 bits per heavy atom. The summed E-state index contributed by atoms with van der Waals surface area (Å²) in [7, 11) is 0. The number of aryl methyl sites for hydroxylation is 1. The van der Waals surface area contributed by atoms with Gasteiger partial charge in [0.15, 0.2) is 11.5 Å². The van der Waals surface area contributed by atoms with Gasteiger partial charge in [-0.2, -0.15) is 10.2 Å². The number of aromatic nitrogens is 4. The molecule has 3 heterocycles. The summed E-state index contributed by atoms with van der Waals surface area (Å²) in [5.74, 6) is 0.332. The maximum absolute atomic E-state index is 12.0. The van der Waals surface area contributed by atoms with E-state index in [1.807, 2.05) is 0 Å². The van der Waals surface area contributed by atoms with Gasteiger partial charge >= 0.3 is 0 Å². The summed E-state index contributed by atoms with van der Waals surface area (Å²) in [4.78, 5) is 23.5. The zero-order valence-electron chi connectivity index (χ0n) is 12.2. The van der Waals surface area contributed by atoms with Crippen LogP contribution in [0, 0.1) is 0 Å². The predicted molar refractivity (Wildman–Crippen MR) is 81.7 cm³/mol. The van der Waals surface area contributed by atoms with Gasteiger partial charge in [0.25, 0.3) is 11.5 Å². The number of hydrogen-bond acceptors (Lipinski definition) is 5. The van der Waals surface area contributed by atoms with Gasteiger partial charge in [-0.3, -0.25) is 14.7 Å². The lowest BCUT2D eigenvalue weighted by Gasteiger charge is -2.04. The van der Waals surface area contributed by atoms with Crippen molar-refractivity contribution in [3.63, 3.8) is 0 Å². The van der Waals surface area contributed by atoms with E-state index in [9.17, 15) is 9.59 Å². The van der Waals surface area contributed by atoms with Crippen LogP contribution in [0.1, 0.15) is 16.9 Å². The SMILES string of the molecule is O=C(NCCCn1ncccc1=O)c1cc(-c2ccco2)[nH]n1. The van der Waals surface area contributed by atoms with E-state index in [-0.39, 0.29) is 17.2 Å². The predicted octanol–water partition coefficient (Wildman–Crippen LogP) is 1.05. The lowest BCUT2D eigenvalue weighted by Crippen LogP contribution is -2.28. The third-order valence-corrected chi connectivity index (χ3v) is 3.21. The molecule has 0 aliphatic rings. The molecule has 118 valence electrons. The summed E-state index contributed by atoms with van der Waals surface area (Å²) in [5, 5.41) is 13.4. The summed E-state index contributed by atoms with van der Waals surface area (Å²) in [6.07, 6.45) is 3.70. The summed E-state index contributed by atoms with van der Waals surface area (Å²) in [6.45, 7) is 0.864. The molecule has 0 atom stereocenters. The molecule has 0 saturated heterocycles. The van der Waals surface area contributed by atoms with Crippen LogP contribution in [0.5, 0.6) is 0 Å². The van der Waals surface area contributed by atoms with Gasteiger partial charge < -0.3 is 9.73 Å². The van der Waals surface area contributed by atoms with Crippen molar-refractivity contribution in [1.29, 1.82) is 0 Å². The van der Waals surface area contributed by atoms with E-state index in [1.165, 1.54) is 10.7 Å². The fourth-order valence-corrected chi connectivity index (χ4v) is 2.07. The smallest absolute Gasteiger partial charge is 0.271 e. The van der Waals surface area contributed by atoms with Crippen molar-refractivity contribution in [2.45, 2.75) is 13.0 Å². The number of aromatic amines is 1. The molecule has 23 heavy (non-hydrogen) atoms. The van der Waals surface area contributed by atoms with Crippen molar-refractivity contribution in [1.82, 2.24) is 25.3 Å². The lowest BCUT2D eigenvalue weighted by atomic mass is 10.3. The second-order valence-electron chi connectivity index (χ2n) is 4.84. The molecule has 3 aromatic rings. The van der Waals surface area contributed by atoms with Crippen LogP contribution in [0.3, 0.4) is 0 Å². The number of rotatable bonds is 6. The van der Waals surface area contributed by atoms with Gasteiger partial charge in [-0.05, 0) is 24.6 Å². The van der Waals surface area contributed by atoms with E-state index in [1.54, 1.807) is 36.7 Å². The van der Waals surface area contributed by atoms with Crippen LogP contribution in [0.15, 0.2) is 52.0 Å². The van der Waals surface area contributed by atoms with Crippen molar-refractivity contribution in [3.8, 4) is 11.5 Å². The molecular formula is C15H15N5O3. The number of carbonyl (C=O) groups excluding carboxylic acids is 1. The highest BCUT2D eigenvalue weighted by Crippen LogP contribution is 2.17. The molecule has 8 nitrogen and oxygen atoms in total. The van der Waals surface area contributed by atoms with Crippen LogP contribution in [-0.2, 0) is 6.54 Å². The summed E-state index contributed by atoms with van der Waals surface area (Å²) in [6, 6.07) is 8.20. The average Bonchev–Trinajstić information content (AvgIpc) is 3.23. The standard InChI is InChI=1S/C15H15N5O3/c21-14-5-1-7-17-20(14)8-3-6-16-15(22)12-10-11(18-19-12)13-4-2-9-23-13/h1-2,4-5,7,9-10H,3,6,8H2,(H,16,22)(H,18,19). The maximum atomic E-state index is 12.0. The zero-order valence-corrected chi connectivity index (χ0v) is 12.2. The number of hydrogen-bond donors (Lipinski definition) is 2. The number of carbonyl (C=O) groups is 1. The summed E-state index contributed by atoms with van der Waals surface area (Å²) in [5.41, 5.74) is 0.765. The van der Waals surface area contributed by atoms with Gasteiger partial charge in [-0.15, -0.1) is 0 Å². The van der Waals surface area contributed by atoms with E-state index >= 15 is 0 Å². The topological polar surface area (TPSA) is 106 Å². The Hall–Kier alpha value is -3.16. The zero-order chi connectivity index (χ0) is 16.1. The molecule has 1 amide bonds. The Balaban J connectivity index is 1.50. The van der Waals surface area contributed by atoms with Crippen molar-refractivity contribution in [2.75, 3.05) is 6.54 Å². The van der Waals surface area contributed by atoms with Crippen molar-refractivity contribution < 1.29 is 9.21 Å². The maximum Gasteiger partial charge on any atom is 0.271 e. The van der Waals surface area contributed by atoms with Gasteiger partial charge in [0, 0.05) is 31.4 Å². The van der Waals surface area contributed by atoms with Gasteiger partial charge in [-0.25, -0.2) is 4.68 Å². The number of furan rings is 1. The summed E-state index contributed by atoms with van der Waals surface area (Å²) < 4.78 is 6.59. The molecule has 0 saturated carbocycles. The van der Waals surface area contributed by atoms with Gasteiger partial charge in [0.05, 0.1) is 6.26 Å². The van der Waals surface area contributed by atoms with Crippen LogP contribution in [0.25, 0.3) is 11.5 Å². The van der Waals surface area contributed by atoms with Gasteiger partial charge in [-0.1, -0.05) is 0 Å². The molecule has 0 spiro atoms. The largest absolute Gasteiger partial charge is 0.463 e. The van der Waals surface area contributed by atoms with Crippen LogP contribution in [0.4, 0.5) is 0 Å². The highest BCUT2D eigenvalue weighted by molar-refractivity contribution is 5.93. The highest BCUT2D eigenvalue weighted by atomic mass is 16.3. The normalized spacial score (nSPS) is 10.6. The Bertz CT molecular complexity index is 835. The molecule has 3 aromatic heterocycles. The first-order chi connectivity index (χ1) is 11.2. The number of nitrogens with zero attached hydrogens (tertiary/aromatic N) is 3. The monoisotopic (exact) mass is 313 g/mol. The third kappa shape index (κ3) is 3.54. The minimum absolute atomic E-state index is 0.158. The van der Waals surface area contributed by atoms with E-state index in [0.717, 1.165) is 0 Å². The molecule has 0 aliphatic heterocycles. The quantitative estimate of drug-likeness (QED) is 0.662. The number of amides is 1. The van der Waals surface area contributed by atoms with Crippen molar-refractivity contribution >= 4 is 5.91 Å². The van der Waals surface area contributed by atoms with Crippen LogP contribution in [0.2, 0.25) is 0 Å². The van der Waals surface area contributed by atoms with E-state index < -0.39 is 0 Å². The molecule has 0 aromatic carbocycles. The van der Waals surface area contributed by atoms with Crippen molar-refractivity contribution in [2.24, 2.45) is 0 Å². The Labute approximate surface area is 131 Å². The second-order valence-corrected chi connectivity index (χ2v) is 4.84. The molecular weight excluding hydrogens is 298 g/mol. The first kappa shape index (κ1) is 14.8. The summed E-state index contributed by atoms with van der Waals surface area (Å²) >= 11 is 0. The molecule has 0 aliphatic carbocycles. The van der Waals surface area contributed by atoms with Crippen LogP contribution >= 0.6 is 0 Å². The number of H-pyrrole nitrogens is 1. The average molecular weight is 313 g/mol. The third-order valence-electron chi connectivity index (χ3n) is 3.21. The highest BCUT2D eigenvalue weighted by Gasteiger charge is 2.12. The minimum atomic E-state index is -0.285. The molecule has 3 rings (SSSR count). The van der Waals surface area contributed by atoms with Crippen LogP contribution < -0.4 is 10.9 Å². The van der Waals surface area contributed by atoms with Gasteiger partial charge in [0.2, 0.25) is 0 Å². The van der Waals surface area contributed by atoms with Crippen molar-refractivity contribution in [3.05, 3.63) is 58.8 Å². The molecule has 0 unspecified atom stereocenters. The molecule has 2 N–H and O–H groups in total. The van der Waals surface area contributed by atoms with Crippen LogP contribution in [-0.4, -0.2) is 32.4 Å². The van der Waals surface area contributed by atoms with Gasteiger partial charge in [0.1, 0.15) is 5.69 Å². The second kappa shape index (κ2) is 6.73. The molecule has 0 bridgehead atoms. The van der Waals surface area contributed by atoms with E-state index in [4.69, 9.17) is 4.42 Å². The van der Waals surface area contributed by atoms with E-state index in [2.05, 4.69) is 20.6 Å². The Morgan fingerprint density at radius 1 is 1.35 bits per heavy atom. The molecule has 0 radical (unpaired) electrons. The lowest BCUT2D eigenvalue weighted by molar-refractivity contribution is 0.0947. The Morgan fingerprint density at radius 3 is 3.04 bits per heavy atom. The fourth-order valence-electron chi connectivity index (χ4n) is 2.07. The minimum Gasteiger partial charge on any atom is -0.463 e. The fraction of sp³-hybridized carbons (Fsp3) is 0.200. The first-order valence-corrected chi connectivity index (χ1v) is 7.13. The molecule has 0 fully saturated rings. The first-order valence-electron chi connectivity index (χ1n) is 7.13. The number of nitrogens with one attached hydrogen (secondary N) is 2. The Kier molecular flexibility index (Phi) is 4.32. The molecule has 8 heteroatoms. The van der Waals surface area contributed by atoms with E-state index in [0.29, 0.717) is 31.0 Å².